The molecule has 1 saturated heterocycles. The highest BCUT2D eigenvalue weighted by Crippen LogP contribution is 2.20. The number of carboxylic acids is 1. The summed E-state index contributed by atoms with van der Waals surface area (Å²) in [4.78, 5) is 20.2. The molecule has 2 heterocycles. The van der Waals surface area contributed by atoms with Gasteiger partial charge in [0.15, 0.2) is 5.75 Å². The first kappa shape index (κ1) is 9.92. The normalized spacial score (nSPS) is 21.5. The van der Waals surface area contributed by atoms with Crippen LogP contribution in [0.25, 0.3) is 0 Å². The van der Waals surface area contributed by atoms with E-state index >= 15 is 0 Å². The monoisotopic (exact) mass is 208 g/mol. The number of carbonyl (C=O) groups is 1. The Kier molecular flexibility index (Phi) is 2.82. The Labute approximate surface area is 87.3 Å². The van der Waals surface area contributed by atoms with Crippen molar-refractivity contribution in [3.05, 3.63) is 24.5 Å². The van der Waals surface area contributed by atoms with Crippen molar-refractivity contribution in [3.8, 4) is 5.75 Å². The highest BCUT2D eigenvalue weighted by molar-refractivity contribution is 5.73. The van der Waals surface area contributed by atoms with Crippen LogP contribution in [-0.2, 0) is 4.79 Å². The van der Waals surface area contributed by atoms with Gasteiger partial charge in [-0.15, -0.1) is 5.06 Å². The summed E-state index contributed by atoms with van der Waals surface area (Å²) >= 11 is 0. The lowest BCUT2D eigenvalue weighted by atomic mass is 10.2. The van der Waals surface area contributed by atoms with Crippen LogP contribution in [0.1, 0.15) is 12.8 Å². The lowest BCUT2D eigenvalue weighted by Crippen LogP contribution is -2.38. The quantitative estimate of drug-likeness (QED) is 0.800. The van der Waals surface area contributed by atoms with E-state index in [-0.39, 0.29) is 0 Å². The van der Waals surface area contributed by atoms with Gasteiger partial charge in [-0.2, -0.15) is 0 Å². The molecule has 0 spiro atoms. The smallest absolute Gasteiger partial charge is 0.324 e. The van der Waals surface area contributed by atoms with Crippen LogP contribution >= 0.6 is 0 Å². The second-order valence-corrected chi connectivity index (χ2v) is 3.42. The maximum Gasteiger partial charge on any atom is 0.324 e. The van der Waals surface area contributed by atoms with Gasteiger partial charge in [-0.05, 0) is 25.0 Å². The van der Waals surface area contributed by atoms with Gasteiger partial charge in [0.25, 0.3) is 0 Å². The molecule has 0 saturated carbocycles. The van der Waals surface area contributed by atoms with Crippen LogP contribution in [0, 0.1) is 0 Å². The summed E-state index contributed by atoms with van der Waals surface area (Å²) in [5, 5.41) is 10.4. The van der Waals surface area contributed by atoms with E-state index in [1.807, 2.05) is 0 Å². The number of hydrogen-bond acceptors (Lipinski definition) is 4. The third kappa shape index (κ3) is 2.24. The molecule has 15 heavy (non-hydrogen) atoms. The molecule has 0 radical (unpaired) electrons. The van der Waals surface area contributed by atoms with Gasteiger partial charge in [0.1, 0.15) is 6.04 Å². The van der Waals surface area contributed by atoms with Gasteiger partial charge in [0.2, 0.25) is 0 Å². The third-order valence-corrected chi connectivity index (χ3v) is 2.35. The predicted molar refractivity (Wildman–Crippen MR) is 52.2 cm³/mol. The number of rotatable bonds is 3. The molecule has 80 valence electrons. The number of nitrogens with zero attached hydrogens (tertiary/aromatic N) is 2. The molecule has 1 aliphatic heterocycles. The molecule has 0 amide bonds. The van der Waals surface area contributed by atoms with Crippen molar-refractivity contribution >= 4 is 5.97 Å². The molecule has 1 aromatic heterocycles. The maximum atomic E-state index is 10.9. The summed E-state index contributed by atoms with van der Waals surface area (Å²) in [7, 11) is 0. The zero-order valence-electron chi connectivity index (χ0n) is 8.17. The van der Waals surface area contributed by atoms with E-state index in [9.17, 15) is 4.79 Å². The highest BCUT2D eigenvalue weighted by atomic mass is 16.7. The van der Waals surface area contributed by atoms with E-state index in [1.165, 1.54) is 5.06 Å². The van der Waals surface area contributed by atoms with E-state index in [0.29, 0.717) is 18.7 Å². The first-order chi connectivity index (χ1) is 7.27. The van der Waals surface area contributed by atoms with Crippen LogP contribution in [0.2, 0.25) is 0 Å². The predicted octanol–water partition coefficient (Wildman–Crippen LogP) is 0.924. The van der Waals surface area contributed by atoms with Crippen molar-refractivity contribution in [1.82, 2.24) is 10.0 Å². The van der Waals surface area contributed by atoms with E-state index in [0.717, 1.165) is 6.42 Å². The van der Waals surface area contributed by atoms with E-state index in [4.69, 9.17) is 9.94 Å². The number of carboxylic acid groups (broad SMARTS) is 1. The molecule has 5 nitrogen and oxygen atoms in total. The van der Waals surface area contributed by atoms with Gasteiger partial charge < -0.3 is 9.94 Å². The molecule has 1 atom stereocenters. The summed E-state index contributed by atoms with van der Waals surface area (Å²) in [5.41, 5.74) is 0. The zero-order valence-corrected chi connectivity index (χ0v) is 8.17. The fourth-order valence-corrected chi connectivity index (χ4v) is 1.63. The fourth-order valence-electron chi connectivity index (χ4n) is 1.63. The molecule has 1 aromatic rings. The molecule has 1 N–H and O–H groups in total. The molecular formula is C10H12N2O3. The zero-order chi connectivity index (χ0) is 10.7. The Morgan fingerprint density at radius 2 is 2.53 bits per heavy atom. The Morgan fingerprint density at radius 3 is 3.20 bits per heavy atom. The molecule has 2 rings (SSSR count). The second kappa shape index (κ2) is 4.27. The van der Waals surface area contributed by atoms with E-state index in [2.05, 4.69) is 4.98 Å². The minimum Gasteiger partial charge on any atom is -0.480 e. The molecule has 0 bridgehead atoms. The van der Waals surface area contributed by atoms with Crippen molar-refractivity contribution in [2.45, 2.75) is 18.9 Å². The molecule has 5 heteroatoms. The van der Waals surface area contributed by atoms with Gasteiger partial charge in [-0.25, -0.2) is 0 Å². The molecule has 1 fully saturated rings. The SMILES string of the molecule is O=C(O)[C@@H]1CCCN1Oc1cccnc1. The summed E-state index contributed by atoms with van der Waals surface area (Å²) < 4.78 is 0. The number of hydroxylamine groups is 2. The van der Waals surface area contributed by atoms with Crippen LogP contribution in [0.3, 0.4) is 0 Å². The third-order valence-electron chi connectivity index (χ3n) is 2.35. The van der Waals surface area contributed by atoms with Crippen LogP contribution in [-0.4, -0.2) is 33.7 Å². The number of hydrogen-bond donors (Lipinski definition) is 1. The first-order valence-corrected chi connectivity index (χ1v) is 4.85. The second-order valence-electron chi connectivity index (χ2n) is 3.42. The van der Waals surface area contributed by atoms with Crippen molar-refractivity contribution in [2.24, 2.45) is 0 Å². The molecule has 0 aliphatic carbocycles. The van der Waals surface area contributed by atoms with Crippen LogP contribution < -0.4 is 4.84 Å². The summed E-state index contributed by atoms with van der Waals surface area (Å²) in [5.74, 6) is -0.262. The van der Waals surface area contributed by atoms with Crippen molar-refractivity contribution in [2.75, 3.05) is 6.54 Å². The van der Waals surface area contributed by atoms with Gasteiger partial charge in [-0.1, -0.05) is 0 Å². The Morgan fingerprint density at radius 1 is 1.67 bits per heavy atom. The Bertz CT molecular complexity index is 342. The molecule has 1 aliphatic rings. The number of aromatic nitrogens is 1. The lowest BCUT2D eigenvalue weighted by molar-refractivity contribution is -0.154. The average molecular weight is 208 g/mol. The molecular weight excluding hydrogens is 196 g/mol. The Balaban J connectivity index is 2.03. The van der Waals surface area contributed by atoms with E-state index < -0.39 is 12.0 Å². The Hall–Kier alpha value is -1.62. The highest BCUT2D eigenvalue weighted by Gasteiger charge is 2.32. The first-order valence-electron chi connectivity index (χ1n) is 4.85. The van der Waals surface area contributed by atoms with Gasteiger partial charge in [0, 0.05) is 12.7 Å². The summed E-state index contributed by atoms with van der Waals surface area (Å²) in [6.07, 6.45) is 4.69. The van der Waals surface area contributed by atoms with Gasteiger partial charge in [0.05, 0.1) is 6.20 Å². The van der Waals surface area contributed by atoms with Crippen molar-refractivity contribution in [1.29, 1.82) is 0 Å². The summed E-state index contributed by atoms with van der Waals surface area (Å²) in [6, 6.07) is 2.97. The van der Waals surface area contributed by atoms with Crippen LogP contribution in [0.5, 0.6) is 5.75 Å². The van der Waals surface area contributed by atoms with Crippen LogP contribution in [0.15, 0.2) is 24.5 Å². The number of aliphatic carboxylic acids is 1. The molecule has 0 unspecified atom stereocenters. The van der Waals surface area contributed by atoms with Crippen molar-refractivity contribution in [3.63, 3.8) is 0 Å². The minimum atomic E-state index is -0.837. The molecule has 0 aromatic carbocycles. The largest absolute Gasteiger partial charge is 0.480 e. The summed E-state index contributed by atoms with van der Waals surface area (Å²) in [6.45, 7) is 0.645. The van der Waals surface area contributed by atoms with Gasteiger partial charge in [-0.3, -0.25) is 9.78 Å². The maximum absolute atomic E-state index is 10.9. The average Bonchev–Trinajstić information content (AvgIpc) is 2.67. The standard InChI is InChI=1S/C10H12N2O3/c13-10(14)9-4-2-6-12(9)15-8-3-1-5-11-7-8/h1,3,5,7,9H,2,4,6H2,(H,13,14)/t9-/m0/s1. The lowest BCUT2D eigenvalue weighted by Gasteiger charge is -2.20. The van der Waals surface area contributed by atoms with E-state index in [1.54, 1.807) is 24.5 Å². The van der Waals surface area contributed by atoms with Crippen LogP contribution in [0.4, 0.5) is 0 Å². The van der Waals surface area contributed by atoms with Crippen molar-refractivity contribution < 1.29 is 14.7 Å². The minimum absolute atomic E-state index is 0.537. The topological polar surface area (TPSA) is 62.7 Å². The number of pyridine rings is 1. The van der Waals surface area contributed by atoms with Gasteiger partial charge >= 0.3 is 5.97 Å². The fraction of sp³-hybridized carbons (Fsp3) is 0.400.